The van der Waals surface area contributed by atoms with Crippen molar-refractivity contribution in [2.45, 2.75) is 27.2 Å². The van der Waals surface area contributed by atoms with E-state index in [9.17, 15) is 4.79 Å². The molecule has 26 heavy (non-hydrogen) atoms. The minimum atomic E-state index is -0.0649. The summed E-state index contributed by atoms with van der Waals surface area (Å²) in [6.07, 6.45) is 0.250. The summed E-state index contributed by atoms with van der Waals surface area (Å²) >= 11 is 1.52. The van der Waals surface area contributed by atoms with E-state index in [1.807, 2.05) is 62.5 Å². The normalized spacial score (nSPS) is 10.6. The van der Waals surface area contributed by atoms with Gasteiger partial charge in [0, 0.05) is 11.1 Å². The van der Waals surface area contributed by atoms with Gasteiger partial charge in [0.15, 0.2) is 0 Å². The molecule has 0 bridgehead atoms. The van der Waals surface area contributed by atoms with Crippen LogP contribution in [0.5, 0.6) is 5.75 Å². The van der Waals surface area contributed by atoms with E-state index < -0.39 is 0 Å². The first-order chi connectivity index (χ1) is 12.5. The maximum Gasteiger partial charge on any atom is 0.230 e. The molecule has 134 valence electrons. The van der Waals surface area contributed by atoms with Gasteiger partial charge >= 0.3 is 0 Å². The highest BCUT2D eigenvalue weighted by Crippen LogP contribution is 2.32. The van der Waals surface area contributed by atoms with Crippen LogP contribution in [0.25, 0.3) is 10.6 Å². The average Bonchev–Trinajstić information content (AvgIpc) is 3.02. The van der Waals surface area contributed by atoms with Crippen LogP contribution in [0.15, 0.2) is 47.8 Å². The number of amides is 1. The standard InChI is InChI=1S/C21H22N2O2S/c1-4-25-19-8-6-5-7-18(19)21-23-17(13-26-21)12-20(24)22-16-10-14(2)9-15(3)11-16/h5-11,13H,4,12H2,1-3H3,(H,22,24). The zero-order chi connectivity index (χ0) is 18.5. The maximum absolute atomic E-state index is 12.3. The van der Waals surface area contributed by atoms with Crippen LogP contribution in [0.4, 0.5) is 5.69 Å². The smallest absolute Gasteiger partial charge is 0.230 e. The lowest BCUT2D eigenvalue weighted by Crippen LogP contribution is -2.14. The summed E-state index contributed by atoms with van der Waals surface area (Å²) in [6, 6.07) is 13.9. The van der Waals surface area contributed by atoms with Gasteiger partial charge in [-0.25, -0.2) is 4.98 Å². The molecule has 3 rings (SSSR count). The summed E-state index contributed by atoms with van der Waals surface area (Å²) in [5, 5.41) is 5.75. The van der Waals surface area contributed by atoms with Crippen LogP contribution in [-0.4, -0.2) is 17.5 Å². The van der Waals surface area contributed by atoms with Crippen molar-refractivity contribution >= 4 is 22.9 Å². The monoisotopic (exact) mass is 366 g/mol. The fourth-order valence-electron chi connectivity index (χ4n) is 2.85. The molecule has 0 saturated carbocycles. The molecule has 1 aromatic heterocycles. The SMILES string of the molecule is CCOc1ccccc1-c1nc(CC(=O)Nc2cc(C)cc(C)c2)cs1. The summed E-state index contributed by atoms with van der Waals surface area (Å²) in [5.41, 5.74) is 4.80. The molecular formula is C21H22N2O2S. The summed E-state index contributed by atoms with van der Waals surface area (Å²) in [5.74, 6) is 0.750. The number of carbonyl (C=O) groups is 1. The van der Waals surface area contributed by atoms with Crippen LogP contribution >= 0.6 is 11.3 Å². The molecule has 0 spiro atoms. The van der Waals surface area contributed by atoms with Gasteiger partial charge in [-0.3, -0.25) is 4.79 Å². The molecule has 1 heterocycles. The van der Waals surface area contributed by atoms with Crippen molar-refractivity contribution in [1.82, 2.24) is 4.98 Å². The second-order valence-corrected chi connectivity index (χ2v) is 7.03. The number of rotatable bonds is 6. The largest absolute Gasteiger partial charge is 0.493 e. The highest BCUT2D eigenvalue weighted by Gasteiger charge is 2.12. The van der Waals surface area contributed by atoms with E-state index >= 15 is 0 Å². The number of thiazole rings is 1. The fraction of sp³-hybridized carbons (Fsp3) is 0.238. The number of ether oxygens (including phenoxy) is 1. The van der Waals surface area contributed by atoms with Crippen molar-refractivity contribution < 1.29 is 9.53 Å². The number of para-hydroxylation sites is 1. The zero-order valence-corrected chi connectivity index (χ0v) is 16.0. The number of aromatic nitrogens is 1. The topological polar surface area (TPSA) is 51.2 Å². The first-order valence-corrected chi connectivity index (χ1v) is 9.48. The predicted molar refractivity (Wildman–Crippen MR) is 107 cm³/mol. The van der Waals surface area contributed by atoms with Crippen molar-refractivity contribution in [2.24, 2.45) is 0 Å². The predicted octanol–water partition coefficient (Wildman–Crippen LogP) is 5.01. The summed E-state index contributed by atoms with van der Waals surface area (Å²) < 4.78 is 5.67. The Morgan fingerprint density at radius 2 is 1.88 bits per heavy atom. The molecule has 4 nitrogen and oxygen atoms in total. The molecule has 0 aliphatic rings. The zero-order valence-electron chi connectivity index (χ0n) is 15.2. The van der Waals surface area contributed by atoms with Crippen LogP contribution in [0.3, 0.4) is 0 Å². The fourth-order valence-corrected chi connectivity index (χ4v) is 3.70. The highest BCUT2D eigenvalue weighted by atomic mass is 32.1. The average molecular weight is 366 g/mol. The Morgan fingerprint density at radius 3 is 2.62 bits per heavy atom. The number of anilines is 1. The lowest BCUT2D eigenvalue weighted by atomic mass is 10.1. The third-order valence-electron chi connectivity index (χ3n) is 3.82. The first-order valence-electron chi connectivity index (χ1n) is 8.60. The number of nitrogens with zero attached hydrogens (tertiary/aromatic N) is 1. The van der Waals surface area contributed by atoms with Crippen molar-refractivity contribution in [3.8, 4) is 16.3 Å². The van der Waals surface area contributed by atoms with Crippen LogP contribution in [-0.2, 0) is 11.2 Å². The lowest BCUT2D eigenvalue weighted by Gasteiger charge is -2.07. The summed E-state index contributed by atoms with van der Waals surface area (Å²) in [6.45, 7) is 6.60. The van der Waals surface area contributed by atoms with Gasteiger partial charge in [0.1, 0.15) is 10.8 Å². The second-order valence-electron chi connectivity index (χ2n) is 6.17. The van der Waals surface area contributed by atoms with Gasteiger partial charge in [-0.1, -0.05) is 18.2 Å². The van der Waals surface area contributed by atoms with Gasteiger partial charge in [-0.15, -0.1) is 11.3 Å². The Labute approximate surface area is 157 Å². The summed E-state index contributed by atoms with van der Waals surface area (Å²) in [4.78, 5) is 17.0. The van der Waals surface area contributed by atoms with Crippen molar-refractivity contribution in [1.29, 1.82) is 0 Å². The molecule has 0 aliphatic heterocycles. The van der Waals surface area contributed by atoms with Crippen molar-refractivity contribution in [3.63, 3.8) is 0 Å². The van der Waals surface area contributed by atoms with Crippen molar-refractivity contribution in [3.05, 3.63) is 64.7 Å². The quantitative estimate of drug-likeness (QED) is 0.667. The molecule has 0 aliphatic carbocycles. The highest BCUT2D eigenvalue weighted by molar-refractivity contribution is 7.13. The minimum absolute atomic E-state index is 0.0649. The molecule has 3 aromatic rings. The maximum atomic E-state index is 12.3. The molecule has 0 unspecified atom stereocenters. The van der Waals surface area contributed by atoms with Gasteiger partial charge in [-0.2, -0.15) is 0 Å². The Bertz CT molecular complexity index is 898. The van der Waals surface area contributed by atoms with Gasteiger partial charge in [0.05, 0.1) is 24.3 Å². The number of carbonyl (C=O) groups excluding carboxylic acids is 1. The molecule has 1 N–H and O–H groups in total. The molecule has 0 fully saturated rings. The van der Waals surface area contributed by atoms with Crippen LogP contribution in [0, 0.1) is 13.8 Å². The minimum Gasteiger partial charge on any atom is -0.493 e. The Balaban J connectivity index is 1.71. The van der Waals surface area contributed by atoms with Gasteiger partial charge in [-0.05, 0) is 56.2 Å². The van der Waals surface area contributed by atoms with E-state index in [1.54, 1.807) is 0 Å². The molecular weight excluding hydrogens is 344 g/mol. The molecule has 5 heteroatoms. The lowest BCUT2D eigenvalue weighted by molar-refractivity contribution is -0.115. The van der Waals surface area contributed by atoms with Crippen LogP contribution < -0.4 is 10.1 Å². The van der Waals surface area contributed by atoms with Crippen molar-refractivity contribution in [2.75, 3.05) is 11.9 Å². The Morgan fingerprint density at radius 1 is 1.15 bits per heavy atom. The Kier molecular flexibility index (Phi) is 5.68. The van der Waals surface area contributed by atoms with Gasteiger partial charge < -0.3 is 10.1 Å². The summed E-state index contributed by atoms with van der Waals surface area (Å²) in [7, 11) is 0. The third kappa shape index (κ3) is 4.49. The first kappa shape index (κ1) is 18.1. The van der Waals surface area contributed by atoms with Crippen LogP contribution in [0.1, 0.15) is 23.7 Å². The van der Waals surface area contributed by atoms with E-state index in [4.69, 9.17) is 4.74 Å². The van der Waals surface area contributed by atoms with E-state index in [1.165, 1.54) is 11.3 Å². The number of hydrogen-bond acceptors (Lipinski definition) is 4. The molecule has 0 radical (unpaired) electrons. The number of benzene rings is 2. The second kappa shape index (κ2) is 8.15. The molecule has 1 amide bonds. The van der Waals surface area contributed by atoms with E-state index in [0.717, 1.165) is 38.8 Å². The Hall–Kier alpha value is -2.66. The number of nitrogens with one attached hydrogen (secondary N) is 1. The van der Waals surface area contributed by atoms with E-state index in [-0.39, 0.29) is 12.3 Å². The van der Waals surface area contributed by atoms with E-state index in [2.05, 4.69) is 16.4 Å². The number of hydrogen-bond donors (Lipinski definition) is 1. The van der Waals surface area contributed by atoms with Gasteiger partial charge in [0.25, 0.3) is 0 Å². The van der Waals surface area contributed by atoms with Gasteiger partial charge in [0.2, 0.25) is 5.91 Å². The van der Waals surface area contributed by atoms with Crippen LogP contribution in [0.2, 0.25) is 0 Å². The third-order valence-corrected chi connectivity index (χ3v) is 4.74. The molecule has 0 saturated heterocycles. The molecule has 0 atom stereocenters. The van der Waals surface area contributed by atoms with E-state index in [0.29, 0.717) is 6.61 Å². The number of aryl methyl sites for hydroxylation is 2. The molecule has 2 aromatic carbocycles.